The number of aliphatic hydroxyl groups excluding tert-OH is 1. The Labute approximate surface area is 159 Å². The minimum atomic E-state index is -0.574. The van der Waals surface area contributed by atoms with Gasteiger partial charge in [-0.25, -0.2) is 4.98 Å². The number of pyridine rings is 1. The number of rotatable bonds is 5. The molecule has 4 nitrogen and oxygen atoms in total. The predicted octanol–water partition coefficient (Wildman–Crippen LogP) is 5.12. The van der Waals surface area contributed by atoms with E-state index in [1.165, 1.54) is 37.9 Å². The van der Waals surface area contributed by atoms with Crippen molar-refractivity contribution >= 4 is 33.7 Å². The van der Waals surface area contributed by atoms with E-state index in [1.54, 1.807) is 0 Å². The maximum atomic E-state index is 10.4. The molecule has 0 amide bonds. The molecule has 0 bridgehead atoms. The van der Waals surface area contributed by atoms with Crippen LogP contribution in [0.2, 0.25) is 0 Å². The number of fused-ring (bicyclic) bond motifs is 3. The van der Waals surface area contributed by atoms with Gasteiger partial charge in [-0.05, 0) is 63.0 Å². The Morgan fingerprint density at radius 2 is 1.96 bits per heavy atom. The molecule has 2 aromatic heterocycles. The van der Waals surface area contributed by atoms with E-state index >= 15 is 0 Å². The van der Waals surface area contributed by atoms with Gasteiger partial charge in [-0.1, -0.05) is 18.2 Å². The van der Waals surface area contributed by atoms with Crippen LogP contribution in [-0.2, 0) is 0 Å². The maximum absolute atomic E-state index is 10.4. The molecule has 1 unspecified atom stereocenters. The zero-order valence-electron chi connectivity index (χ0n) is 15.6. The van der Waals surface area contributed by atoms with Crippen molar-refractivity contribution in [3.05, 3.63) is 36.3 Å². The zero-order valence-corrected chi connectivity index (χ0v) is 16.4. The number of aliphatic hydroxyl groups is 1. The highest BCUT2D eigenvalue weighted by molar-refractivity contribution is 7.98. The van der Waals surface area contributed by atoms with Gasteiger partial charge in [0.1, 0.15) is 17.4 Å². The molecule has 1 aliphatic carbocycles. The van der Waals surface area contributed by atoms with Gasteiger partial charge in [-0.2, -0.15) is 11.8 Å². The molecule has 1 aromatic carbocycles. The Balaban J connectivity index is 1.76. The summed E-state index contributed by atoms with van der Waals surface area (Å²) in [6.07, 6.45) is 9.67. The molecule has 26 heavy (non-hydrogen) atoms. The van der Waals surface area contributed by atoms with Gasteiger partial charge in [-0.3, -0.25) is 4.98 Å². The first-order valence-corrected chi connectivity index (χ1v) is 11.0. The van der Waals surface area contributed by atoms with E-state index in [9.17, 15) is 5.11 Å². The van der Waals surface area contributed by atoms with E-state index in [4.69, 9.17) is 4.98 Å². The Morgan fingerprint density at radius 3 is 2.69 bits per heavy atom. The number of nitrogens with zero attached hydrogens (tertiary/aromatic N) is 3. The molecule has 0 radical (unpaired) electrons. The van der Waals surface area contributed by atoms with Gasteiger partial charge < -0.3 is 9.67 Å². The fourth-order valence-corrected chi connectivity index (χ4v) is 4.95. The molecule has 138 valence electrons. The quantitative estimate of drug-likeness (QED) is 0.678. The summed E-state index contributed by atoms with van der Waals surface area (Å²) in [6.45, 7) is 1.82. The Morgan fingerprint density at radius 1 is 1.19 bits per heavy atom. The van der Waals surface area contributed by atoms with E-state index < -0.39 is 6.10 Å². The molecule has 0 aliphatic heterocycles. The summed E-state index contributed by atoms with van der Waals surface area (Å²) in [5, 5.41) is 11.5. The fourth-order valence-electron chi connectivity index (χ4n) is 4.38. The minimum absolute atomic E-state index is 0.418. The lowest BCUT2D eigenvalue weighted by Gasteiger charge is -2.31. The van der Waals surface area contributed by atoms with E-state index in [0.717, 1.165) is 33.7 Å². The van der Waals surface area contributed by atoms with E-state index in [-0.39, 0.29) is 0 Å². The van der Waals surface area contributed by atoms with Gasteiger partial charge in [0.2, 0.25) is 0 Å². The molecular formula is C21H27N3OS. The SMILES string of the molecule is CSCCC1CCC(n2c(C(C)O)nc3cnc4ccccc4c32)CC1. The molecule has 3 aromatic rings. The van der Waals surface area contributed by atoms with Crippen LogP contribution in [0.1, 0.15) is 57.0 Å². The molecule has 4 rings (SSSR count). The number of imidazole rings is 1. The number of thioether (sulfide) groups is 1. The van der Waals surface area contributed by atoms with Gasteiger partial charge >= 0.3 is 0 Å². The van der Waals surface area contributed by atoms with Crippen molar-refractivity contribution in [1.29, 1.82) is 0 Å². The van der Waals surface area contributed by atoms with Crippen LogP contribution in [0.3, 0.4) is 0 Å². The second kappa shape index (κ2) is 7.57. The van der Waals surface area contributed by atoms with Crippen LogP contribution in [0.25, 0.3) is 21.9 Å². The van der Waals surface area contributed by atoms with Crippen molar-refractivity contribution in [2.24, 2.45) is 5.92 Å². The topological polar surface area (TPSA) is 50.9 Å². The van der Waals surface area contributed by atoms with Gasteiger partial charge in [0.25, 0.3) is 0 Å². The minimum Gasteiger partial charge on any atom is -0.385 e. The number of para-hydroxylation sites is 1. The fraction of sp³-hybridized carbons (Fsp3) is 0.524. The second-order valence-corrected chi connectivity index (χ2v) is 8.47. The lowest BCUT2D eigenvalue weighted by atomic mass is 9.84. The average Bonchev–Trinajstić information content (AvgIpc) is 3.07. The summed E-state index contributed by atoms with van der Waals surface area (Å²) in [5.41, 5.74) is 3.02. The van der Waals surface area contributed by atoms with Crippen LogP contribution in [-0.4, -0.2) is 31.7 Å². The van der Waals surface area contributed by atoms with Crippen molar-refractivity contribution in [3.63, 3.8) is 0 Å². The molecule has 0 spiro atoms. The van der Waals surface area contributed by atoms with Crippen LogP contribution in [0.15, 0.2) is 30.5 Å². The molecule has 1 fully saturated rings. The third-order valence-corrected chi connectivity index (χ3v) is 6.38. The molecule has 2 heterocycles. The normalized spacial score (nSPS) is 22.1. The lowest BCUT2D eigenvalue weighted by Crippen LogP contribution is -2.21. The molecule has 1 saturated carbocycles. The lowest BCUT2D eigenvalue weighted by molar-refractivity contribution is 0.174. The Kier molecular flexibility index (Phi) is 5.18. The summed E-state index contributed by atoms with van der Waals surface area (Å²) in [4.78, 5) is 9.31. The van der Waals surface area contributed by atoms with Crippen LogP contribution in [0.4, 0.5) is 0 Å². The van der Waals surface area contributed by atoms with Crippen molar-refractivity contribution in [1.82, 2.24) is 14.5 Å². The monoisotopic (exact) mass is 369 g/mol. The van der Waals surface area contributed by atoms with Crippen LogP contribution in [0, 0.1) is 5.92 Å². The van der Waals surface area contributed by atoms with E-state index in [1.807, 2.05) is 37.0 Å². The molecule has 1 atom stereocenters. The second-order valence-electron chi connectivity index (χ2n) is 7.48. The largest absolute Gasteiger partial charge is 0.385 e. The molecule has 1 N–H and O–H groups in total. The number of benzene rings is 1. The van der Waals surface area contributed by atoms with E-state index in [0.29, 0.717) is 6.04 Å². The highest BCUT2D eigenvalue weighted by Gasteiger charge is 2.27. The highest BCUT2D eigenvalue weighted by Crippen LogP contribution is 2.39. The van der Waals surface area contributed by atoms with Gasteiger partial charge in [0.05, 0.1) is 17.2 Å². The zero-order chi connectivity index (χ0) is 18.1. The Hall–Kier alpha value is -1.59. The first kappa shape index (κ1) is 17.8. The van der Waals surface area contributed by atoms with Crippen molar-refractivity contribution in [2.75, 3.05) is 12.0 Å². The van der Waals surface area contributed by atoms with Crippen molar-refractivity contribution < 1.29 is 5.11 Å². The third-order valence-electron chi connectivity index (χ3n) is 5.74. The third kappa shape index (κ3) is 3.23. The standard InChI is InChI=1S/C21H27N3OS/c1-14(25)21-23-19-13-22-18-6-4-3-5-17(18)20(19)24(21)16-9-7-15(8-10-16)11-12-26-2/h3-6,13-16,25H,7-12H2,1-2H3. The number of hydrogen-bond acceptors (Lipinski definition) is 4. The van der Waals surface area contributed by atoms with Crippen LogP contribution < -0.4 is 0 Å². The average molecular weight is 370 g/mol. The summed E-state index contributed by atoms with van der Waals surface area (Å²) < 4.78 is 2.33. The summed E-state index contributed by atoms with van der Waals surface area (Å²) in [5.74, 6) is 2.89. The van der Waals surface area contributed by atoms with Crippen molar-refractivity contribution in [3.8, 4) is 0 Å². The Bertz CT molecular complexity index is 897. The first-order valence-electron chi connectivity index (χ1n) is 9.61. The van der Waals surface area contributed by atoms with Crippen LogP contribution >= 0.6 is 11.8 Å². The van der Waals surface area contributed by atoms with Crippen LogP contribution in [0.5, 0.6) is 0 Å². The summed E-state index contributed by atoms with van der Waals surface area (Å²) in [7, 11) is 0. The summed E-state index contributed by atoms with van der Waals surface area (Å²) in [6, 6.07) is 8.67. The van der Waals surface area contributed by atoms with Crippen molar-refractivity contribution in [2.45, 2.75) is 51.2 Å². The highest BCUT2D eigenvalue weighted by atomic mass is 32.2. The van der Waals surface area contributed by atoms with E-state index in [2.05, 4.69) is 27.9 Å². The predicted molar refractivity (Wildman–Crippen MR) is 110 cm³/mol. The number of aromatic nitrogens is 3. The molecule has 0 saturated heterocycles. The maximum Gasteiger partial charge on any atom is 0.138 e. The molecule has 1 aliphatic rings. The first-order chi connectivity index (χ1) is 12.7. The molecule has 5 heteroatoms. The molecular weight excluding hydrogens is 342 g/mol. The van der Waals surface area contributed by atoms with Gasteiger partial charge in [-0.15, -0.1) is 0 Å². The van der Waals surface area contributed by atoms with Gasteiger partial charge in [0, 0.05) is 11.4 Å². The van der Waals surface area contributed by atoms with Gasteiger partial charge in [0.15, 0.2) is 0 Å². The summed E-state index contributed by atoms with van der Waals surface area (Å²) >= 11 is 1.95. The smallest absolute Gasteiger partial charge is 0.138 e. The number of hydrogen-bond donors (Lipinski definition) is 1.